The molecule has 132 valence electrons. The SMILES string of the molecule is CN1CCN(Cc2cscn2)C[C@@]12CCC(=O)N(CC1CC1)CC2. The number of amides is 1. The van der Waals surface area contributed by atoms with Crippen molar-refractivity contribution in [1.82, 2.24) is 19.7 Å². The van der Waals surface area contributed by atoms with Crippen molar-refractivity contribution in [2.75, 3.05) is 39.8 Å². The second-order valence-corrected chi connectivity index (χ2v) is 8.59. The third-order valence-electron chi connectivity index (χ3n) is 6.13. The molecule has 6 heteroatoms. The van der Waals surface area contributed by atoms with Gasteiger partial charge in [0.15, 0.2) is 0 Å². The van der Waals surface area contributed by atoms with Gasteiger partial charge in [0.25, 0.3) is 0 Å². The van der Waals surface area contributed by atoms with E-state index in [4.69, 9.17) is 0 Å². The van der Waals surface area contributed by atoms with Crippen molar-refractivity contribution >= 4 is 17.2 Å². The van der Waals surface area contributed by atoms with E-state index in [9.17, 15) is 4.79 Å². The second kappa shape index (κ2) is 6.73. The van der Waals surface area contributed by atoms with Gasteiger partial charge in [0, 0.05) is 56.6 Å². The van der Waals surface area contributed by atoms with Crippen LogP contribution >= 0.6 is 11.3 Å². The smallest absolute Gasteiger partial charge is 0.222 e. The van der Waals surface area contributed by atoms with Crippen LogP contribution in [0.5, 0.6) is 0 Å². The molecular formula is C18H28N4OS. The fourth-order valence-corrected chi connectivity index (χ4v) is 4.81. The van der Waals surface area contributed by atoms with Crippen LogP contribution in [-0.4, -0.2) is 70.9 Å². The molecule has 3 fully saturated rings. The number of piperazine rings is 1. The van der Waals surface area contributed by atoms with Gasteiger partial charge in [-0.2, -0.15) is 0 Å². The lowest BCUT2D eigenvalue weighted by Gasteiger charge is -2.49. The lowest BCUT2D eigenvalue weighted by Crippen LogP contribution is -2.60. The molecule has 1 aliphatic carbocycles. The fourth-order valence-electron chi connectivity index (χ4n) is 4.26. The van der Waals surface area contributed by atoms with Crippen LogP contribution in [0.1, 0.15) is 37.8 Å². The van der Waals surface area contributed by atoms with Gasteiger partial charge in [-0.15, -0.1) is 11.3 Å². The number of likely N-dealkylation sites (tertiary alicyclic amines) is 1. The summed E-state index contributed by atoms with van der Waals surface area (Å²) in [7, 11) is 2.25. The molecule has 0 aromatic carbocycles. The van der Waals surface area contributed by atoms with Crippen molar-refractivity contribution in [3.8, 4) is 0 Å². The average Bonchev–Trinajstić information content (AvgIpc) is 3.28. The maximum Gasteiger partial charge on any atom is 0.222 e. The Kier molecular flexibility index (Phi) is 4.62. The molecule has 1 atom stereocenters. The first-order valence-electron chi connectivity index (χ1n) is 9.23. The van der Waals surface area contributed by atoms with Gasteiger partial charge in [0.2, 0.25) is 5.91 Å². The Morgan fingerprint density at radius 2 is 2.17 bits per heavy atom. The standard InChI is InChI=1S/C18H28N4OS/c1-20-8-9-21(11-16-12-24-14-19-16)13-18(20)5-4-17(23)22(7-6-18)10-15-2-3-15/h12,14-15H,2-11,13H2,1H3/t18-/m0/s1. The van der Waals surface area contributed by atoms with E-state index in [1.807, 2.05) is 5.51 Å². The van der Waals surface area contributed by atoms with Gasteiger partial charge in [-0.1, -0.05) is 0 Å². The first-order chi connectivity index (χ1) is 11.6. The molecule has 4 rings (SSSR count). The molecule has 1 amide bonds. The lowest BCUT2D eigenvalue weighted by atomic mass is 9.86. The number of rotatable bonds is 4. The van der Waals surface area contributed by atoms with Crippen LogP contribution in [0.15, 0.2) is 10.9 Å². The fraction of sp³-hybridized carbons (Fsp3) is 0.778. The van der Waals surface area contributed by atoms with Crippen LogP contribution in [0, 0.1) is 5.92 Å². The van der Waals surface area contributed by atoms with Gasteiger partial charge in [0.05, 0.1) is 11.2 Å². The minimum atomic E-state index is 0.155. The first kappa shape index (κ1) is 16.5. The van der Waals surface area contributed by atoms with E-state index in [1.165, 1.54) is 18.5 Å². The van der Waals surface area contributed by atoms with E-state index in [1.54, 1.807) is 11.3 Å². The Bertz CT molecular complexity index is 574. The number of likely N-dealkylation sites (N-methyl/N-ethyl adjacent to an activating group) is 1. The van der Waals surface area contributed by atoms with E-state index in [0.29, 0.717) is 12.3 Å². The number of hydrogen-bond acceptors (Lipinski definition) is 5. The normalized spacial score (nSPS) is 30.0. The highest BCUT2D eigenvalue weighted by Crippen LogP contribution is 2.35. The highest BCUT2D eigenvalue weighted by Gasteiger charge is 2.42. The summed E-state index contributed by atoms with van der Waals surface area (Å²) in [5.41, 5.74) is 3.25. The Balaban J connectivity index is 1.44. The molecule has 2 saturated heterocycles. The summed E-state index contributed by atoms with van der Waals surface area (Å²) in [6.45, 7) is 6.12. The summed E-state index contributed by atoms with van der Waals surface area (Å²) in [5.74, 6) is 1.16. The number of thiazole rings is 1. The topological polar surface area (TPSA) is 39.7 Å². The van der Waals surface area contributed by atoms with Crippen LogP contribution in [0.2, 0.25) is 0 Å². The molecule has 1 saturated carbocycles. The Morgan fingerprint density at radius 1 is 1.29 bits per heavy atom. The summed E-state index contributed by atoms with van der Waals surface area (Å²) in [5, 5.41) is 2.15. The summed E-state index contributed by atoms with van der Waals surface area (Å²) in [6.07, 6.45) is 5.45. The zero-order valence-electron chi connectivity index (χ0n) is 14.6. The number of carbonyl (C=O) groups excluding carboxylic acids is 1. The molecule has 0 unspecified atom stereocenters. The Labute approximate surface area is 148 Å². The van der Waals surface area contributed by atoms with Crippen molar-refractivity contribution < 1.29 is 4.79 Å². The first-order valence-corrected chi connectivity index (χ1v) is 10.2. The van der Waals surface area contributed by atoms with E-state index >= 15 is 0 Å². The van der Waals surface area contributed by atoms with Crippen LogP contribution in [0.3, 0.4) is 0 Å². The van der Waals surface area contributed by atoms with Crippen molar-refractivity contribution in [2.45, 2.75) is 44.2 Å². The maximum absolute atomic E-state index is 12.5. The minimum Gasteiger partial charge on any atom is -0.342 e. The predicted molar refractivity (Wildman–Crippen MR) is 95.9 cm³/mol. The number of hydrogen-bond donors (Lipinski definition) is 0. The number of nitrogens with zero attached hydrogens (tertiary/aromatic N) is 4. The molecule has 24 heavy (non-hydrogen) atoms. The highest BCUT2D eigenvalue weighted by molar-refractivity contribution is 7.07. The molecule has 5 nitrogen and oxygen atoms in total. The number of aromatic nitrogens is 1. The van der Waals surface area contributed by atoms with Crippen molar-refractivity contribution in [3.63, 3.8) is 0 Å². The monoisotopic (exact) mass is 348 g/mol. The highest BCUT2D eigenvalue weighted by atomic mass is 32.1. The maximum atomic E-state index is 12.5. The Hall–Kier alpha value is -0.980. The van der Waals surface area contributed by atoms with Gasteiger partial charge in [-0.05, 0) is 38.6 Å². The van der Waals surface area contributed by atoms with Crippen LogP contribution in [0.4, 0.5) is 0 Å². The van der Waals surface area contributed by atoms with E-state index in [0.717, 1.165) is 58.0 Å². The summed E-state index contributed by atoms with van der Waals surface area (Å²) < 4.78 is 0. The minimum absolute atomic E-state index is 0.155. The molecule has 1 aromatic heterocycles. The largest absolute Gasteiger partial charge is 0.342 e. The molecule has 0 radical (unpaired) electrons. The van der Waals surface area contributed by atoms with Crippen molar-refractivity contribution in [3.05, 3.63) is 16.6 Å². The van der Waals surface area contributed by atoms with E-state index in [-0.39, 0.29) is 5.54 Å². The molecule has 3 heterocycles. The quantitative estimate of drug-likeness (QED) is 0.835. The zero-order valence-corrected chi connectivity index (χ0v) is 15.4. The summed E-state index contributed by atoms with van der Waals surface area (Å²) in [6, 6.07) is 0. The molecule has 0 N–H and O–H groups in total. The lowest BCUT2D eigenvalue weighted by molar-refractivity contribution is -0.131. The predicted octanol–water partition coefficient (Wildman–Crippen LogP) is 2.05. The molecule has 1 spiro atoms. The van der Waals surface area contributed by atoms with E-state index in [2.05, 4.69) is 32.1 Å². The zero-order chi connectivity index (χ0) is 16.6. The molecule has 1 aromatic rings. The van der Waals surface area contributed by atoms with Crippen molar-refractivity contribution in [1.29, 1.82) is 0 Å². The van der Waals surface area contributed by atoms with Crippen molar-refractivity contribution in [2.24, 2.45) is 5.92 Å². The summed E-state index contributed by atoms with van der Waals surface area (Å²) in [4.78, 5) is 24.2. The van der Waals surface area contributed by atoms with Crippen LogP contribution in [-0.2, 0) is 11.3 Å². The molecule has 2 aliphatic heterocycles. The van der Waals surface area contributed by atoms with Gasteiger partial charge in [-0.3, -0.25) is 14.6 Å². The molecular weight excluding hydrogens is 320 g/mol. The summed E-state index contributed by atoms with van der Waals surface area (Å²) >= 11 is 1.67. The average molecular weight is 349 g/mol. The third kappa shape index (κ3) is 3.51. The van der Waals surface area contributed by atoms with Gasteiger partial charge >= 0.3 is 0 Å². The number of carbonyl (C=O) groups is 1. The van der Waals surface area contributed by atoms with Gasteiger partial charge in [0.1, 0.15) is 0 Å². The van der Waals surface area contributed by atoms with Gasteiger partial charge < -0.3 is 4.90 Å². The second-order valence-electron chi connectivity index (χ2n) is 7.87. The van der Waals surface area contributed by atoms with Crippen LogP contribution < -0.4 is 0 Å². The van der Waals surface area contributed by atoms with Gasteiger partial charge in [-0.25, -0.2) is 4.98 Å². The Morgan fingerprint density at radius 3 is 2.92 bits per heavy atom. The van der Waals surface area contributed by atoms with E-state index < -0.39 is 0 Å². The third-order valence-corrected chi connectivity index (χ3v) is 6.76. The molecule has 0 bridgehead atoms. The molecule has 3 aliphatic rings. The van der Waals surface area contributed by atoms with Crippen LogP contribution in [0.25, 0.3) is 0 Å².